The molecule has 0 saturated carbocycles. The molecule has 0 aliphatic carbocycles. The summed E-state index contributed by atoms with van der Waals surface area (Å²) in [6.07, 6.45) is 0. The molecule has 0 spiro atoms. The first kappa shape index (κ1) is 15.8. The number of anilines is 1. The number of amides is 1. The van der Waals surface area contributed by atoms with E-state index in [1.807, 2.05) is 26.1 Å². The molecule has 0 fully saturated rings. The molecule has 0 bridgehead atoms. The minimum Gasteiger partial charge on any atom is -0.338 e. The Labute approximate surface area is 119 Å². The third kappa shape index (κ3) is 3.64. The normalized spacial score (nSPS) is 9.90. The van der Waals surface area contributed by atoms with Gasteiger partial charge in [-0.2, -0.15) is 15.3 Å². The zero-order valence-corrected chi connectivity index (χ0v) is 12.0. The fourth-order valence-corrected chi connectivity index (χ4v) is 1.85. The number of rotatable bonds is 8. The molecule has 6 heteroatoms. The van der Waals surface area contributed by atoms with Crippen molar-refractivity contribution in [2.45, 2.75) is 6.92 Å². The lowest BCUT2D eigenvalue weighted by Gasteiger charge is -2.23. The third-order valence-electron chi connectivity index (χ3n) is 2.92. The lowest BCUT2D eigenvalue weighted by molar-refractivity contribution is 0.0767. The van der Waals surface area contributed by atoms with Crippen molar-refractivity contribution >= 4 is 25.0 Å². The highest BCUT2D eigenvalue weighted by Gasteiger charge is 2.19. The van der Waals surface area contributed by atoms with Crippen LogP contribution in [0.5, 0.6) is 0 Å². The Bertz CT molecular complexity index is 466. The van der Waals surface area contributed by atoms with Crippen molar-refractivity contribution in [3.8, 4) is 0 Å². The van der Waals surface area contributed by atoms with Gasteiger partial charge in [0.1, 0.15) is 0 Å². The van der Waals surface area contributed by atoms with E-state index in [2.05, 4.69) is 29.0 Å². The van der Waals surface area contributed by atoms with Crippen LogP contribution in [-0.4, -0.2) is 50.9 Å². The number of hydrogen-bond acceptors (Lipinski definition) is 5. The SMILES string of the molecule is C=NN(N=C)c1ccccc1C(=O)N(CC)CCNC. The Morgan fingerprint density at radius 3 is 2.50 bits per heavy atom. The number of likely N-dealkylation sites (N-methyl/N-ethyl adjacent to an activating group) is 2. The second kappa shape index (κ2) is 8.06. The van der Waals surface area contributed by atoms with Crippen molar-refractivity contribution in [2.24, 2.45) is 10.2 Å². The average Bonchev–Trinajstić information content (AvgIpc) is 2.49. The van der Waals surface area contributed by atoms with Gasteiger partial charge in [0.15, 0.2) is 0 Å². The van der Waals surface area contributed by atoms with E-state index < -0.39 is 0 Å². The zero-order valence-electron chi connectivity index (χ0n) is 12.0. The van der Waals surface area contributed by atoms with Crippen molar-refractivity contribution < 1.29 is 4.79 Å². The molecule has 1 rings (SSSR count). The first-order chi connectivity index (χ1) is 9.69. The summed E-state index contributed by atoms with van der Waals surface area (Å²) in [5.74, 6) is -0.0596. The maximum absolute atomic E-state index is 12.6. The molecule has 0 unspecified atom stereocenters. The molecule has 0 heterocycles. The van der Waals surface area contributed by atoms with Crippen LogP contribution in [0.4, 0.5) is 5.69 Å². The van der Waals surface area contributed by atoms with Gasteiger partial charge in [-0.25, -0.2) is 0 Å². The number of nitrogens with one attached hydrogen (secondary N) is 1. The molecule has 1 aromatic carbocycles. The van der Waals surface area contributed by atoms with Crippen LogP contribution >= 0.6 is 0 Å². The van der Waals surface area contributed by atoms with Crippen molar-refractivity contribution in [3.63, 3.8) is 0 Å². The minimum atomic E-state index is -0.0596. The van der Waals surface area contributed by atoms with Crippen molar-refractivity contribution in [3.05, 3.63) is 29.8 Å². The van der Waals surface area contributed by atoms with Gasteiger partial charge in [0.2, 0.25) is 0 Å². The molecule has 20 heavy (non-hydrogen) atoms. The van der Waals surface area contributed by atoms with Gasteiger partial charge in [-0.15, -0.1) is 0 Å². The number of carbonyl (C=O) groups is 1. The summed E-state index contributed by atoms with van der Waals surface area (Å²) in [6.45, 7) is 10.8. The molecule has 1 N–H and O–H groups in total. The fraction of sp³-hybridized carbons (Fsp3) is 0.357. The van der Waals surface area contributed by atoms with Crippen LogP contribution in [0.25, 0.3) is 0 Å². The number of hydrazone groups is 2. The van der Waals surface area contributed by atoms with Gasteiger partial charge >= 0.3 is 0 Å². The summed E-state index contributed by atoms with van der Waals surface area (Å²) in [6, 6.07) is 7.15. The molecular formula is C14H21N5O. The second-order valence-corrected chi connectivity index (χ2v) is 4.08. The largest absolute Gasteiger partial charge is 0.338 e. The number of nitrogens with zero attached hydrogens (tertiary/aromatic N) is 4. The minimum absolute atomic E-state index is 0.0596. The number of benzene rings is 1. The van der Waals surface area contributed by atoms with Crippen LogP contribution < -0.4 is 10.4 Å². The van der Waals surface area contributed by atoms with Gasteiger partial charge in [-0.3, -0.25) is 4.79 Å². The van der Waals surface area contributed by atoms with E-state index in [0.717, 1.165) is 6.54 Å². The maximum atomic E-state index is 12.6. The second-order valence-electron chi connectivity index (χ2n) is 4.08. The topological polar surface area (TPSA) is 60.3 Å². The Kier molecular flexibility index (Phi) is 6.39. The predicted molar refractivity (Wildman–Crippen MR) is 83.5 cm³/mol. The Hall–Kier alpha value is -2.21. The van der Waals surface area contributed by atoms with Gasteiger partial charge in [-0.1, -0.05) is 12.1 Å². The molecular weight excluding hydrogens is 254 g/mol. The molecule has 108 valence electrons. The summed E-state index contributed by atoms with van der Waals surface area (Å²) in [4.78, 5) is 14.3. The summed E-state index contributed by atoms with van der Waals surface area (Å²) in [5.41, 5.74) is 1.11. The lowest BCUT2D eigenvalue weighted by atomic mass is 10.1. The van der Waals surface area contributed by atoms with Crippen molar-refractivity contribution in [1.82, 2.24) is 10.2 Å². The van der Waals surface area contributed by atoms with Gasteiger partial charge in [0, 0.05) is 33.1 Å². The van der Waals surface area contributed by atoms with E-state index in [0.29, 0.717) is 24.3 Å². The highest BCUT2D eigenvalue weighted by atomic mass is 16.2. The monoisotopic (exact) mass is 275 g/mol. The standard InChI is InChI=1S/C14H21N5O/c1-5-18(11-10-15-2)14(20)12-8-6-7-9-13(12)19(16-3)17-4/h6-9,15H,3-5,10-11H2,1-2H3. The number of carbonyl (C=O) groups excluding carboxylic acids is 1. The maximum Gasteiger partial charge on any atom is 0.256 e. The van der Waals surface area contributed by atoms with Gasteiger partial charge in [0.05, 0.1) is 11.3 Å². The van der Waals surface area contributed by atoms with E-state index >= 15 is 0 Å². The van der Waals surface area contributed by atoms with Crippen molar-refractivity contribution in [1.29, 1.82) is 0 Å². The third-order valence-corrected chi connectivity index (χ3v) is 2.92. The van der Waals surface area contributed by atoms with Gasteiger partial charge < -0.3 is 10.2 Å². The average molecular weight is 275 g/mol. The molecule has 0 aliphatic heterocycles. The molecule has 1 aromatic rings. The van der Waals surface area contributed by atoms with Crippen LogP contribution in [0.3, 0.4) is 0 Å². The Balaban J connectivity index is 3.08. The summed E-state index contributed by atoms with van der Waals surface area (Å²) in [5, 5.41) is 11.8. The first-order valence-corrected chi connectivity index (χ1v) is 6.45. The highest BCUT2D eigenvalue weighted by molar-refractivity contribution is 5.99. The van der Waals surface area contributed by atoms with Crippen LogP contribution in [0.1, 0.15) is 17.3 Å². The Morgan fingerprint density at radius 2 is 1.95 bits per heavy atom. The molecule has 0 atom stereocenters. The Morgan fingerprint density at radius 1 is 1.30 bits per heavy atom. The molecule has 0 radical (unpaired) electrons. The quantitative estimate of drug-likeness (QED) is 0.576. The molecule has 0 aliphatic rings. The van der Waals surface area contributed by atoms with Crippen LogP contribution in [0.2, 0.25) is 0 Å². The van der Waals surface area contributed by atoms with Crippen LogP contribution in [-0.2, 0) is 0 Å². The molecule has 6 nitrogen and oxygen atoms in total. The molecule has 1 amide bonds. The summed E-state index contributed by atoms with van der Waals surface area (Å²) >= 11 is 0. The predicted octanol–water partition coefficient (Wildman–Crippen LogP) is 1.41. The van der Waals surface area contributed by atoms with E-state index in [1.165, 1.54) is 5.12 Å². The number of para-hydroxylation sites is 1. The summed E-state index contributed by atoms with van der Waals surface area (Å²) in [7, 11) is 1.86. The van der Waals surface area contributed by atoms with Crippen LogP contribution in [0, 0.1) is 0 Å². The lowest BCUT2D eigenvalue weighted by Crippen LogP contribution is -2.36. The van der Waals surface area contributed by atoms with Crippen LogP contribution in [0.15, 0.2) is 34.5 Å². The van der Waals surface area contributed by atoms with Gasteiger partial charge in [0.25, 0.3) is 5.91 Å². The van der Waals surface area contributed by atoms with E-state index in [9.17, 15) is 4.79 Å². The molecule has 0 saturated heterocycles. The smallest absolute Gasteiger partial charge is 0.256 e. The fourth-order valence-electron chi connectivity index (χ4n) is 1.85. The van der Waals surface area contributed by atoms with Crippen molar-refractivity contribution in [2.75, 3.05) is 31.8 Å². The summed E-state index contributed by atoms with van der Waals surface area (Å²) < 4.78 is 0. The van der Waals surface area contributed by atoms with E-state index in [-0.39, 0.29) is 5.91 Å². The zero-order chi connectivity index (χ0) is 15.0. The van der Waals surface area contributed by atoms with Gasteiger partial charge in [-0.05, 0) is 26.1 Å². The van der Waals surface area contributed by atoms with E-state index in [1.54, 1.807) is 17.0 Å². The van der Waals surface area contributed by atoms with E-state index in [4.69, 9.17) is 0 Å². The molecule has 0 aromatic heterocycles. The number of hydrogen-bond donors (Lipinski definition) is 1. The first-order valence-electron chi connectivity index (χ1n) is 6.45. The highest BCUT2D eigenvalue weighted by Crippen LogP contribution is 2.22.